The van der Waals surface area contributed by atoms with Gasteiger partial charge in [0.2, 0.25) is 23.0 Å². The smallest absolute Gasteiger partial charge is 0.212 e. The normalized spacial score (nSPS) is 21.9. The number of aromatic nitrogens is 4. The fourth-order valence-corrected chi connectivity index (χ4v) is 6.38. The third-order valence-electron chi connectivity index (χ3n) is 9.06. The quantitative estimate of drug-likeness (QED) is 0.0839. The van der Waals surface area contributed by atoms with Crippen molar-refractivity contribution in [3.8, 4) is 11.8 Å². The van der Waals surface area contributed by atoms with E-state index in [1.807, 2.05) is 0 Å². The van der Waals surface area contributed by atoms with Crippen molar-refractivity contribution in [1.82, 2.24) is 19.5 Å². The van der Waals surface area contributed by atoms with Crippen LogP contribution < -0.4 is 5.73 Å². The third kappa shape index (κ3) is 6.32. The van der Waals surface area contributed by atoms with E-state index in [4.69, 9.17) is 10.5 Å². The maximum absolute atomic E-state index is 14.6. The Morgan fingerprint density at radius 1 is 0.843 bits per heavy atom. The number of nitrogens with zero attached hydrogens (tertiary/aromatic N) is 4. The van der Waals surface area contributed by atoms with Crippen LogP contribution in [-0.4, -0.2) is 75.6 Å². The average molecular weight is 688 g/mol. The predicted octanol–water partition coefficient (Wildman–Crippen LogP) is 4.10. The molecule has 2 aromatic heterocycles. The number of nitrogens with two attached hydrogens (primary N) is 1. The number of aliphatic hydroxyl groups excluding tert-OH is 1. The molecule has 3 aromatic carbocycles. The van der Waals surface area contributed by atoms with E-state index in [1.54, 1.807) is 42.5 Å². The summed E-state index contributed by atoms with van der Waals surface area (Å²) < 4.78 is 7.35. The summed E-state index contributed by atoms with van der Waals surface area (Å²) in [5, 5.41) is 37.3. The molecule has 1 aliphatic rings. The molecule has 0 amide bonds. The van der Waals surface area contributed by atoms with Gasteiger partial charge in [-0.15, -0.1) is 0 Å². The first-order valence-electron chi connectivity index (χ1n) is 16.7. The lowest BCUT2D eigenvalue weighted by Crippen LogP contribution is -2.68. The van der Waals surface area contributed by atoms with Crippen molar-refractivity contribution in [2.45, 2.75) is 68.7 Å². The van der Waals surface area contributed by atoms with Crippen LogP contribution >= 0.6 is 0 Å². The van der Waals surface area contributed by atoms with Gasteiger partial charge in [-0.2, -0.15) is 0 Å². The summed E-state index contributed by atoms with van der Waals surface area (Å²) in [6.07, 6.45) is -0.561. The summed E-state index contributed by atoms with van der Waals surface area (Å²) >= 11 is 0. The van der Waals surface area contributed by atoms with Crippen LogP contribution in [-0.2, 0) is 4.74 Å². The average Bonchev–Trinajstić information content (AvgIpc) is 3.69. The minimum absolute atomic E-state index is 0.0274. The van der Waals surface area contributed by atoms with Crippen molar-refractivity contribution in [3.63, 3.8) is 0 Å². The number of Topliss-reactive ketones (excluding diaryl/α,β-unsaturated/α-hetero) is 3. The summed E-state index contributed by atoms with van der Waals surface area (Å²) in [5.41, 5.74) is -0.343. The summed E-state index contributed by atoms with van der Waals surface area (Å²) in [4.78, 5) is 56.0. The van der Waals surface area contributed by atoms with Gasteiger partial charge >= 0.3 is 0 Å². The molecule has 51 heavy (non-hydrogen) atoms. The molecular formula is C39H37N5O7. The SMILES string of the molecule is CCCCCCC#Cc1nc(N)c2ncn([C@@H]3O[C@H](C(O)C(=O)c4ccccc4)[C@](O)(C(=O)c4ccccc4)[C@]3(O)C(=O)c3ccccc3)c2n1. The van der Waals surface area contributed by atoms with E-state index in [0.29, 0.717) is 6.42 Å². The lowest BCUT2D eigenvalue weighted by Gasteiger charge is -2.39. The molecule has 5 atom stereocenters. The Morgan fingerprint density at radius 2 is 1.41 bits per heavy atom. The number of nitrogen functional groups attached to an aromatic ring is 1. The van der Waals surface area contributed by atoms with Gasteiger partial charge in [-0.05, 0) is 12.3 Å². The monoisotopic (exact) mass is 687 g/mol. The van der Waals surface area contributed by atoms with Gasteiger partial charge in [-0.1, -0.05) is 123 Å². The molecule has 12 heteroatoms. The Morgan fingerprint density at radius 3 is 2.00 bits per heavy atom. The molecule has 1 saturated heterocycles. The molecular weight excluding hydrogens is 650 g/mol. The number of ketones is 3. The van der Waals surface area contributed by atoms with E-state index in [9.17, 15) is 29.7 Å². The summed E-state index contributed by atoms with van der Waals surface area (Å²) in [6.45, 7) is 2.12. The maximum Gasteiger partial charge on any atom is 0.212 e. The van der Waals surface area contributed by atoms with Crippen LogP contribution in [0.3, 0.4) is 0 Å². The van der Waals surface area contributed by atoms with Gasteiger partial charge in [0, 0.05) is 23.1 Å². The molecule has 260 valence electrons. The lowest BCUT2D eigenvalue weighted by atomic mass is 9.69. The van der Waals surface area contributed by atoms with E-state index < -0.39 is 47.0 Å². The molecule has 6 rings (SSSR count). The number of hydrogen-bond acceptors (Lipinski definition) is 11. The summed E-state index contributed by atoms with van der Waals surface area (Å²) in [5.74, 6) is 2.68. The Hall–Kier alpha value is -5.58. The van der Waals surface area contributed by atoms with Crippen molar-refractivity contribution >= 4 is 34.3 Å². The van der Waals surface area contributed by atoms with Crippen molar-refractivity contribution in [2.75, 3.05) is 5.73 Å². The predicted molar refractivity (Wildman–Crippen MR) is 188 cm³/mol. The van der Waals surface area contributed by atoms with Gasteiger partial charge in [0.25, 0.3) is 0 Å². The Balaban J connectivity index is 1.55. The molecule has 12 nitrogen and oxygen atoms in total. The standard InChI is InChI=1S/C39H37N5O7/c1-2-3-4-5-6-16-23-28-42-35(40)29-36(43-28)44(24-41-29)37-39(50,33(48)27-21-14-9-15-22-27)38(49,32(47)26-19-12-8-13-20-26)34(51-37)31(46)30(45)25-17-10-7-11-18-25/h7-15,17-22,24,31,34,37,46,49-50H,2-6H2,1H3,(H2,40,42,43)/t31?,34-,37-,38-,39+/m1/s1. The summed E-state index contributed by atoms with van der Waals surface area (Å²) in [7, 11) is 0. The van der Waals surface area contributed by atoms with Gasteiger partial charge in [0.05, 0.1) is 6.33 Å². The molecule has 5 N–H and O–H groups in total. The zero-order valence-electron chi connectivity index (χ0n) is 27.8. The van der Waals surface area contributed by atoms with Crippen LogP contribution in [0.5, 0.6) is 0 Å². The van der Waals surface area contributed by atoms with Gasteiger partial charge in [0.15, 0.2) is 29.1 Å². The number of hydrogen-bond donors (Lipinski definition) is 4. The number of carbonyl (C=O) groups excluding carboxylic acids is 3. The van der Waals surface area contributed by atoms with Crippen molar-refractivity contribution in [2.24, 2.45) is 0 Å². The molecule has 0 saturated carbocycles. The van der Waals surface area contributed by atoms with Gasteiger partial charge < -0.3 is 25.8 Å². The minimum atomic E-state index is -3.26. The molecule has 0 bridgehead atoms. The van der Waals surface area contributed by atoms with Crippen molar-refractivity contribution in [1.29, 1.82) is 0 Å². The highest BCUT2D eigenvalue weighted by Gasteiger charge is 2.75. The van der Waals surface area contributed by atoms with Crippen LogP contribution in [0.1, 0.15) is 82.2 Å². The highest BCUT2D eigenvalue weighted by molar-refractivity contribution is 6.14. The fraction of sp³-hybridized carbons (Fsp3) is 0.282. The lowest BCUT2D eigenvalue weighted by molar-refractivity contribution is -0.107. The molecule has 1 unspecified atom stereocenters. The van der Waals surface area contributed by atoms with Crippen LogP contribution in [0.2, 0.25) is 0 Å². The maximum atomic E-state index is 14.6. The first kappa shape index (κ1) is 35.3. The molecule has 0 radical (unpaired) electrons. The number of aliphatic hydroxyl groups is 3. The van der Waals surface area contributed by atoms with E-state index in [2.05, 4.69) is 33.7 Å². The first-order valence-corrected chi connectivity index (χ1v) is 16.7. The largest absolute Gasteiger partial charge is 0.382 e. The zero-order chi connectivity index (χ0) is 36.2. The molecule has 0 aliphatic carbocycles. The Bertz CT molecular complexity index is 2110. The van der Waals surface area contributed by atoms with Gasteiger partial charge in [-0.25, -0.2) is 15.0 Å². The third-order valence-corrected chi connectivity index (χ3v) is 9.06. The van der Waals surface area contributed by atoms with E-state index >= 15 is 0 Å². The Kier molecular flexibility index (Phi) is 10.2. The second kappa shape index (κ2) is 14.7. The number of unbranched alkanes of at least 4 members (excludes halogenated alkanes) is 4. The zero-order valence-corrected chi connectivity index (χ0v) is 27.8. The first-order chi connectivity index (χ1) is 24.6. The van der Waals surface area contributed by atoms with Gasteiger partial charge in [-0.3, -0.25) is 19.0 Å². The number of imidazole rings is 1. The number of anilines is 1. The number of fused-ring (bicyclic) bond motifs is 1. The second-order valence-corrected chi connectivity index (χ2v) is 12.4. The number of rotatable bonds is 12. The fourth-order valence-electron chi connectivity index (χ4n) is 6.38. The topological polar surface area (TPSA) is 191 Å². The molecule has 5 aromatic rings. The van der Waals surface area contributed by atoms with Crippen molar-refractivity contribution in [3.05, 3.63) is 120 Å². The number of ether oxygens (including phenoxy) is 1. The molecule has 1 fully saturated rings. The molecule has 1 aliphatic heterocycles. The van der Waals surface area contributed by atoms with Crippen LogP contribution in [0.15, 0.2) is 97.3 Å². The van der Waals surface area contributed by atoms with Gasteiger partial charge in [0.1, 0.15) is 17.7 Å². The van der Waals surface area contributed by atoms with E-state index in [0.717, 1.165) is 36.6 Å². The van der Waals surface area contributed by atoms with Crippen molar-refractivity contribution < 1.29 is 34.4 Å². The number of carbonyl (C=O) groups is 3. The second-order valence-electron chi connectivity index (χ2n) is 12.4. The van der Waals surface area contributed by atoms with E-state index in [-0.39, 0.29) is 39.5 Å². The molecule has 3 heterocycles. The number of benzene rings is 3. The van der Waals surface area contributed by atoms with Crippen LogP contribution in [0.25, 0.3) is 11.2 Å². The highest BCUT2D eigenvalue weighted by atomic mass is 16.6. The summed E-state index contributed by atoms with van der Waals surface area (Å²) in [6, 6.07) is 22.6. The van der Waals surface area contributed by atoms with Crippen LogP contribution in [0.4, 0.5) is 5.82 Å². The Labute approximate surface area is 294 Å². The van der Waals surface area contributed by atoms with Crippen LogP contribution in [0, 0.1) is 11.8 Å². The highest BCUT2D eigenvalue weighted by Crippen LogP contribution is 2.51. The minimum Gasteiger partial charge on any atom is -0.382 e. The molecule has 0 spiro atoms. The van der Waals surface area contributed by atoms with E-state index in [1.165, 1.54) is 48.5 Å².